The number of rotatable bonds is 8. The van der Waals surface area contributed by atoms with Crippen LogP contribution in [0, 0.1) is 11.6 Å². The summed E-state index contributed by atoms with van der Waals surface area (Å²) in [6.07, 6.45) is -0.920. The molecule has 3 heterocycles. The molecule has 0 aliphatic heterocycles. The van der Waals surface area contributed by atoms with Crippen LogP contribution in [0.15, 0.2) is 52.4 Å². The fourth-order valence-corrected chi connectivity index (χ4v) is 4.28. The van der Waals surface area contributed by atoms with E-state index >= 15 is 0 Å². The van der Waals surface area contributed by atoms with Gasteiger partial charge in [-0.15, -0.1) is 0 Å². The Bertz CT molecular complexity index is 1800. The van der Waals surface area contributed by atoms with E-state index in [0.717, 1.165) is 11.5 Å². The van der Waals surface area contributed by atoms with Crippen LogP contribution >= 0.6 is 0 Å². The predicted molar refractivity (Wildman–Crippen MR) is 139 cm³/mol. The number of fused-ring (bicyclic) bond motifs is 1. The zero-order valence-electron chi connectivity index (χ0n) is 22.2. The van der Waals surface area contributed by atoms with Crippen LogP contribution < -0.4 is 21.9 Å². The molecule has 42 heavy (non-hydrogen) atoms. The van der Waals surface area contributed by atoms with Gasteiger partial charge in [0.25, 0.3) is 11.5 Å². The molecule has 0 bridgehead atoms. The number of pyridine rings is 1. The second-order valence-corrected chi connectivity index (χ2v) is 9.45. The van der Waals surface area contributed by atoms with Gasteiger partial charge in [0.15, 0.2) is 0 Å². The van der Waals surface area contributed by atoms with Gasteiger partial charge in [0, 0.05) is 56.1 Å². The van der Waals surface area contributed by atoms with Crippen molar-refractivity contribution >= 4 is 23.2 Å². The molecule has 1 aromatic carbocycles. The summed E-state index contributed by atoms with van der Waals surface area (Å²) in [7, 11) is 2.77. The van der Waals surface area contributed by atoms with Crippen molar-refractivity contribution in [2.24, 2.45) is 14.1 Å². The van der Waals surface area contributed by atoms with Crippen LogP contribution in [0.5, 0.6) is 0 Å². The van der Waals surface area contributed by atoms with E-state index in [-0.39, 0.29) is 16.9 Å². The highest BCUT2D eigenvalue weighted by Gasteiger charge is 2.36. The Labute approximate surface area is 232 Å². The van der Waals surface area contributed by atoms with E-state index < -0.39 is 70.7 Å². The Morgan fingerprint density at radius 3 is 2.31 bits per heavy atom. The normalized spacial score (nSPS) is 13.1. The molecular formula is C26H23F5N6O5. The number of benzene rings is 1. The molecule has 0 aliphatic carbocycles. The fraction of sp³-hybridized carbons (Fsp3) is 0.269. The molecule has 11 nitrogen and oxygen atoms in total. The molecule has 0 fully saturated rings. The zero-order valence-corrected chi connectivity index (χ0v) is 22.2. The number of alkyl halides is 3. The molecule has 0 aliphatic rings. The molecule has 0 spiro atoms. The molecule has 222 valence electrons. The zero-order chi connectivity index (χ0) is 31.1. The van der Waals surface area contributed by atoms with Crippen LogP contribution in [-0.2, 0) is 25.3 Å². The largest absolute Gasteiger partial charge is 0.480 e. The first-order valence-electron chi connectivity index (χ1n) is 12.2. The first-order chi connectivity index (χ1) is 19.6. The van der Waals surface area contributed by atoms with Crippen LogP contribution in [0.25, 0.3) is 16.8 Å². The maximum Gasteiger partial charge on any atom is 0.408 e. The van der Waals surface area contributed by atoms with Crippen molar-refractivity contribution in [1.29, 1.82) is 0 Å². The highest BCUT2D eigenvalue weighted by Crippen LogP contribution is 2.26. The first kappa shape index (κ1) is 30.0. The lowest BCUT2D eigenvalue weighted by Gasteiger charge is -2.19. The first-order valence-corrected chi connectivity index (χ1v) is 12.2. The summed E-state index contributed by atoms with van der Waals surface area (Å²) in [6.45, 7) is 0.736. The summed E-state index contributed by atoms with van der Waals surface area (Å²) in [5, 5.41) is 13.7. The van der Waals surface area contributed by atoms with Crippen LogP contribution in [0.3, 0.4) is 0 Å². The molecule has 4 rings (SSSR count). The summed E-state index contributed by atoms with van der Waals surface area (Å²) in [6, 6.07) is 0.0740. The molecule has 0 radical (unpaired) electrons. The van der Waals surface area contributed by atoms with Crippen molar-refractivity contribution in [3.63, 3.8) is 0 Å². The monoisotopic (exact) mass is 594 g/mol. The molecule has 16 heteroatoms. The number of hydrogen-bond acceptors (Lipinski definition) is 6. The number of carbonyl (C=O) groups is 2. The molecule has 0 saturated carbocycles. The van der Waals surface area contributed by atoms with Crippen molar-refractivity contribution in [2.45, 2.75) is 31.6 Å². The van der Waals surface area contributed by atoms with E-state index in [4.69, 9.17) is 0 Å². The summed E-state index contributed by atoms with van der Waals surface area (Å²) in [4.78, 5) is 53.8. The van der Waals surface area contributed by atoms with Crippen molar-refractivity contribution in [1.82, 2.24) is 23.8 Å². The summed E-state index contributed by atoms with van der Waals surface area (Å²) in [5.74, 6) is -6.01. The van der Waals surface area contributed by atoms with Gasteiger partial charge in [-0.2, -0.15) is 13.2 Å². The molecule has 3 N–H and O–H groups in total. The Morgan fingerprint density at radius 1 is 1.07 bits per heavy atom. The summed E-state index contributed by atoms with van der Waals surface area (Å²) in [5.41, 5.74) is -1.92. The lowest BCUT2D eigenvalue weighted by atomic mass is 10.1. The quantitative estimate of drug-likeness (QED) is 0.267. The lowest BCUT2D eigenvalue weighted by Crippen LogP contribution is -2.43. The fourth-order valence-electron chi connectivity index (χ4n) is 4.28. The average molecular weight is 594 g/mol. The van der Waals surface area contributed by atoms with Crippen LogP contribution in [0.2, 0.25) is 0 Å². The number of halogens is 5. The molecule has 4 aromatic rings. The molecule has 3 aromatic heterocycles. The van der Waals surface area contributed by atoms with Gasteiger partial charge in [0.1, 0.15) is 34.9 Å². The number of imidazole rings is 1. The van der Waals surface area contributed by atoms with Gasteiger partial charge >= 0.3 is 17.8 Å². The second kappa shape index (κ2) is 11.1. The number of carboxylic acids is 1. The summed E-state index contributed by atoms with van der Waals surface area (Å²) < 4.78 is 71.2. The van der Waals surface area contributed by atoms with E-state index in [1.807, 2.05) is 10.6 Å². The number of aromatic nitrogens is 4. The van der Waals surface area contributed by atoms with Gasteiger partial charge in [0.05, 0.1) is 5.56 Å². The lowest BCUT2D eigenvalue weighted by molar-refractivity contribution is -0.139. The molecule has 0 unspecified atom stereocenters. The van der Waals surface area contributed by atoms with Gasteiger partial charge in [0.2, 0.25) is 0 Å². The van der Waals surface area contributed by atoms with Crippen LogP contribution in [-0.4, -0.2) is 53.8 Å². The van der Waals surface area contributed by atoms with E-state index in [9.17, 15) is 46.2 Å². The van der Waals surface area contributed by atoms with E-state index in [1.54, 1.807) is 0 Å². The van der Waals surface area contributed by atoms with Gasteiger partial charge in [-0.25, -0.2) is 23.4 Å². The number of carboxylic acid groups (broad SMARTS) is 1. The number of carbonyl (C=O) groups excluding carboxylic acids is 1. The number of amides is 1. The number of nitrogens with one attached hydrogen (secondary N) is 2. The van der Waals surface area contributed by atoms with E-state index in [2.05, 4.69) is 4.98 Å². The van der Waals surface area contributed by atoms with E-state index in [1.165, 1.54) is 53.8 Å². The van der Waals surface area contributed by atoms with Crippen molar-refractivity contribution < 1.29 is 36.6 Å². The SMILES string of the molecule is C[C@@H](Nc1cc(F)c(C(=O)N[C@@H](Cc2ccc(-c3cn(C)c(=O)n(C)c3=O)c3nccn23)C(=O)O)c(F)c1)C(F)(F)F. The van der Waals surface area contributed by atoms with Crippen molar-refractivity contribution in [3.05, 3.63) is 86.6 Å². The Balaban J connectivity index is 1.63. The van der Waals surface area contributed by atoms with Gasteiger partial charge in [-0.1, -0.05) is 0 Å². The number of aliphatic carboxylic acids is 1. The number of aryl methyl sites for hydroxylation is 1. The predicted octanol–water partition coefficient (Wildman–Crippen LogP) is 2.47. The van der Waals surface area contributed by atoms with Crippen LogP contribution in [0.1, 0.15) is 23.0 Å². The third-order valence-electron chi connectivity index (χ3n) is 6.53. The number of nitrogens with zero attached hydrogens (tertiary/aromatic N) is 4. The third-order valence-corrected chi connectivity index (χ3v) is 6.53. The summed E-state index contributed by atoms with van der Waals surface area (Å²) >= 11 is 0. The third kappa shape index (κ3) is 5.73. The smallest absolute Gasteiger partial charge is 0.408 e. The second-order valence-electron chi connectivity index (χ2n) is 9.45. The Hall–Kier alpha value is -5.02. The average Bonchev–Trinajstić information content (AvgIpc) is 3.39. The molecule has 2 atom stereocenters. The highest BCUT2D eigenvalue weighted by molar-refractivity contribution is 5.97. The highest BCUT2D eigenvalue weighted by atomic mass is 19.4. The number of hydrogen-bond donors (Lipinski definition) is 3. The minimum absolute atomic E-state index is 0.138. The van der Waals surface area contributed by atoms with Crippen molar-refractivity contribution in [3.8, 4) is 11.1 Å². The standard InChI is InChI=1S/C26H23F5N6O5/c1-12(26(29,30)31)33-13-8-17(27)20(18(28)9-13)22(38)34-19(24(40)41)10-14-4-5-15(21-32-6-7-37(14)21)16-11-35(2)25(42)36(3)23(16)39/h4-9,11-12,19,33H,10H2,1-3H3,(H,34,38)(H,40,41)/t12-,19+/m1/s1. The Morgan fingerprint density at radius 2 is 1.71 bits per heavy atom. The maximum atomic E-state index is 14.6. The van der Waals surface area contributed by atoms with Gasteiger partial charge < -0.3 is 24.7 Å². The molecular weight excluding hydrogens is 571 g/mol. The minimum atomic E-state index is -4.70. The maximum absolute atomic E-state index is 14.6. The Kier molecular flexibility index (Phi) is 7.91. The van der Waals surface area contributed by atoms with Gasteiger partial charge in [-0.3, -0.25) is 14.2 Å². The molecule has 0 saturated heterocycles. The van der Waals surface area contributed by atoms with Crippen molar-refractivity contribution in [2.75, 3.05) is 5.32 Å². The van der Waals surface area contributed by atoms with E-state index in [0.29, 0.717) is 17.7 Å². The number of anilines is 1. The van der Waals surface area contributed by atoms with Crippen LogP contribution in [0.4, 0.5) is 27.6 Å². The van der Waals surface area contributed by atoms with Gasteiger partial charge in [-0.05, 0) is 31.2 Å². The minimum Gasteiger partial charge on any atom is -0.480 e. The topological polar surface area (TPSA) is 140 Å². The molecule has 1 amide bonds.